The smallest absolute Gasteiger partial charge is 0.289 e. The van der Waals surface area contributed by atoms with Crippen LogP contribution in [0, 0.1) is 12.8 Å². The van der Waals surface area contributed by atoms with E-state index in [1.807, 2.05) is 6.92 Å². The highest BCUT2D eigenvalue weighted by atomic mass is 32.2. The molecule has 0 radical (unpaired) electrons. The van der Waals surface area contributed by atoms with Gasteiger partial charge >= 0.3 is 0 Å². The first-order chi connectivity index (χ1) is 9.37. The second kappa shape index (κ2) is 5.97. The molecule has 0 saturated carbocycles. The van der Waals surface area contributed by atoms with E-state index in [9.17, 15) is 13.2 Å². The van der Waals surface area contributed by atoms with Crippen molar-refractivity contribution in [2.45, 2.75) is 19.8 Å². The second-order valence-corrected chi connectivity index (χ2v) is 7.15. The van der Waals surface area contributed by atoms with Crippen LogP contribution in [0.15, 0.2) is 16.7 Å². The van der Waals surface area contributed by atoms with Crippen LogP contribution >= 0.6 is 0 Å². The fourth-order valence-corrected chi connectivity index (χ4v) is 2.96. The Balaban J connectivity index is 1.97. The lowest BCUT2D eigenvalue weighted by Crippen LogP contribution is -2.43. The van der Waals surface area contributed by atoms with Gasteiger partial charge in [0.1, 0.15) is 0 Å². The van der Waals surface area contributed by atoms with Gasteiger partial charge in [0.2, 0.25) is 10.0 Å². The average molecular weight is 300 g/mol. The fraction of sp³-hybridized carbons (Fsp3) is 0.615. The molecule has 20 heavy (non-hydrogen) atoms. The maximum absolute atomic E-state index is 12.3. The predicted octanol–water partition coefficient (Wildman–Crippen LogP) is 0.989. The molecule has 2 rings (SSSR count). The summed E-state index contributed by atoms with van der Waals surface area (Å²) in [6.07, 6.45) is 4.45. The Hall–Kier alpha value is -1.34. The molecule has 1 amide bonds. The van der Waals surface area contributed by atoms with Gasteiger partial charge in [0.05, 0.1) is 12.5 Å². The van der Waals surface area contributed by atoms with Gasteiger partial charge in [-0.25, -0.2) is 13.1 Å². The lowest BCUT2D eigenvalue weighted by molar-refractivity contribution is 0.0643. The van der Waals surface area contributed by atoms with Crippen LogP contribution in [0.2, 0.25) is 0 Å². The molecule has 6 nitrogen and oxygen atoms in total. The standard InChI is InChI=1S/C13H20N2O4S/c1-10-5-7-19-12(10)13(16)15-6-3-4-11(9-15)8-14-20(2,17)18/h5,7,11,14H,3-4,6,8-9H2,1-2H3/t11-/m1/s1. The van der Waals surface area contributed by atoms with Crippen molar-refractivity contribution >= 4 is 15.9 Å². The number of sulfonamides is 1. The van der Waals surface area contributed by atoms with E-state index in [4.69, 9.17) is 4.42 Å². The molecule has 1 aromatic heterocycles. The molecule has 0 bridgehead atoms. The van der Waals surface area contributed by atoms with Crippen LogP contribution in [-0.4, -0.2) is 45.1 Å². The number of nitrogens with zero attached hydrogens (tertiary/aromatic N) is 1. The summed E-state index contributed by atoms with van der Waals surface area (Å²) in [6, 6.07) is 1.76. The third-order valence-corrected chi connectivity index (χ3v) is 4.19. The predicted molar refractivity (Wildman–Crippen MR) is 74.9 cm³/mol. The molecule has 1 aliphatic rings. The third kappa shape index (κ3) is 3.83. The Morgan fingerprint density at radius 1 is 1.55 bits per heavy atom. The van der Waals surface area contributed by atoms with Crippen LogP contribution in [0.4, 0.5) is 0 Å². The maximum atomic E-state index is 12.3. The van der Waals surface area contributed by atoms with Gasteiger partial charge in [0, 0.05) is 25.2 Å². The van der Waals surface area contributed by atoms with Gasteiger partial charge in [-0.05, 0) is 31.7 Å². The molecular weight excluding hydrogens is 280 g/mol. The average Bonchev–Trinajstić information content (AvgIpc) is 2.81. The van der Waals surface area contributed by atoms with Crippen molar-refractivity contribution in [3.05, 3.63) is 23.7 Å². The summed E-state index contributed by atoms with van der Waals surface area (Å²) < 4.78 is 30.0. The summed E-state index contributed by atoms with van der Waals surface area (Å²) in [7, 11) is -3.18. The number of hydrogen-bond donors (Lipinski definition) is 1. The summed E-state index contributed by atoms with van der Waals surface area (Å²) in [5, 5.41) is 0. The van der Waals surface area contributed by atoms with Gasteiger partial charge in [0.15, 0.2) is 5.76 Å². The van der Waals surface area contributed by atoms with Gasteiger partial charge in [-0.1, -0.05) is 0 Å². The fourth-order valence-electron chi connectivity index (χ4n) is 2.42. The highest BCUT2D eigenvalue weighted by Gasteiger charge is 2.27. The minimum Gasteiger partial charge on any atom is -0.459 e. The SMILES string of the molecule is Cc1ccoc1C(=O)N1CCC[C@H](CNS(C)(=O)=O)C1. The molecular formula is C13H20N2O4S. The van der Waals surface area contributed by atoms with E-state index in [0.717, 1.165) is 24.7 Å². The normalized spacial score (nSPS) is 20.1. The molecule has 1 saturated heterocycles. The Morgan fingerprint density at radius 2 is 2.30 bits per heavy atom. The van der Waals surface area contributed by atoms with E-state index < -0.39 is 10.0 Å². The van der Waals surface area contributed by atoms with Crippen molar-refractivity contribution in [3.8, 4) is 0 Å². The highest BCUT2D eigenvalue weighted by molar-refractivity contribution is 7.88. The number of furan rings is 1. The topological polar surface area (TPSA) is 79.6 Å². The minimum atomic E-state index is -3.18. The number of aryl methyl sites for hydroxylation is 1. The van der Waals surface area contributed by atoms with Crippen molar-refractivity contribution in [2.24, 2.45) is 5.92 Å². The van der Waals surface area contributed by atoms with Crippen LogP contribution < -0.4 is 4.72 Å². The number of amides is 1. The molecule has 112 valence electrons. The van der Waals surface area contributed by atoms with E-state index >= 15 is 0 Å². The zero-order valence-corrected chi connectivity index (χ0v) is 12.6. The van der Waals surface area contributed by atoms with Crippen LogP contribution in [0.1, 0.15) is 29.0 Å². The number of nitrogens with one attached hydrogen (secondary N) is 1. The van der Waals surface area contributed by atoms with Gasteiger partial charge in [-0.3, -0.25) is 4.79 Å². The maximum Gasteiger partial charge on any atom is 0.289 e. The number of piperidine rings is 1. The molecule has 1 aromatic rings. The number of rotatable bonds is 4. The van der Waals surface area contributed by atoms with Gasteiger partial charge in [-0.15, -0.1) is 0 Å². The number of carbonyl (C=O) groups excluding carboxylic acids is 1. The molecule has 0 aromatic carbocycles. The Labute approximate surface area is 119 Å². The number of likely N-dealkylation sites (tertiary alicyclic amines) is 1. The zero-order valence-electron chi connectivity index (χ0n) is 11.8. The molecule has 0 unspecified atom stereocenters. The molecule has 1 N–H and O–H groups in total. The van der Waals surface area contributed by atoms with Crippen LogP contribution in [-0.2, 0) is 10.0 Å². The van der Waals surface area contributed by atoms with Crippen molar-refractivity contribution in [3.63, 3.8) is 0 Å². The molecule has 1 atom stereocenters. The summed E-state index contributed by atoms with van der Waals surface area (Å²) >= 11 is 0. The lowest BCUT2D eigenvalue weighted by atomic mass is 9.98. The van der Waals surface area contributed by atoms with Gasteiger partial charge in [0.25, 0.3) is 5.91 Å². The van der Waals surface area contributed by atoms with Crippen molar-refractivity contribution < 1.29 is 17.6 Å². The molecule has 7 heteroatoms. The summed E-state index contributed by atoms with van der Waals surface area (Å²) in [4.78, 5) is 14.1. The monoisotopic (exact) mass is 300 g/mol. The quantitative estimate of drug-likeness (QED) is 0.899. The first-order valence-corrected chi connectivity index (χ1v) is 8.54. The first-order valence-electron chi connectivity index (χ1n) is 6.65. The Kier molecular flexibility index (Phi) is 4.49. The summed E-state index contributed by atoms with van der Waals surface area (Å²) in [5.74, 6) is 0.413. The lowest BCUT2D eigenvalue weighted by Gasteiger charge is -2.32. The molecule has 0 spiro atoms. The van der Waals surface area contributed by atoms with E-state index in [1.165, 1.54) is 6.26 Å². The molecule has 2 heterocycles. The van der Waals surface area contributed by atoms with Gasteiger partial charge in [-0.2, -0.15) is 0 Å². The van der Waals surface area contributed by atoms with Crippen LogP contribution in [0.5, 0.6) is 0 Å². The van der Waals surface area contributed by atoms with Crippen molar-refractivity contribution in [2.75, 3.05) is 25.9 Å². The minimum absolute atomic E-state index is 0.114. The van der Waals surface area contributed by atoms with Crippen LogP contribution in [0.3, 0.4) is 0 Å². The second-order valence-electron chi connectivity index (χ2n) is 5.31. The zero-order chi connectivity index (χ0) is 14.8. The Morgan fingerprint density at radius 3 is 2.90 bits per heavy atom. The van der Waals surface area contributed by atoms with Crippen molar-refractivity contribution in [1.29, 1.82) is 0 Å². The van der Waals surface area contributed by atoms with E-state index in [-0.39, 0.29) is 11.8 Å². The summed E-state index contributed by atoms with van der Waals surface area (Å²) in [5.41, 5.74) is 0.825. The van der Waals surface area contributed by atoms with Crippen molar-refractivity contribution in [1.82, 2.24) is 9.62 Å². The van der Waals surface area contributed by atoms with Crippen LogP contribution in [0.25, 0.3) is 0 Å². The molecule has 1 fully saturated rings. The van der Waals surface area contributed by atoms with E-state index in [2.05, 4.69) is 4.72 Å². The third-order valence-electron chi connectivity index (χ3n) is 3.50. The van der Waals surface area contributed by atoms with Gasteiger partial charge < -0.3 is 9.32 Å². The molecule has 0 aliphatic carbocycles. The first kappa shape index (κ1) is 15.1. The summed E-state index contributed by atoms with van der Waals surface area (Å²) in [6.45, 7) is 3.46. The Bertz CT molecular complexity index is 579. The van der Waals surface area contributed by atoms with E-state index in [1.54, 1.807) is 11.0 Å². The number of hydrogen-bond acceptors (Lipinski definition) is 4. The largest absolute Gasteiger partial charge is 0.459 e. The highest BCUT2D eigenvalue weighted by Crippen LogP contribution is 2.20. The molecule has 1 aliphatic heterocycles. The van der Waals surface area contributed by atoms with E-state index in [0.29, 0.717) is 25.4 Å². The number of carbonyl (C=O) groups is 1.